The molecule has 7 heteroatoms. The Morgan fingerprint density at radius 3 is 2.76 bits per heavy atom. The van der Waals surface area contributed by atoms with Gasteiger partial charge in [-0.2, -0.15) is 4.31 Å². The van der Waals surface area contributed by atoms with Gasteiger partial charge in [0.2, 0.25) is 15.9 Å². The second-order valence-corrected chi connectivity index (χ2v) is 7.52. The first kappa shape index (κ1) is 14.5. The van der Waals surface area contributed by atoms with E-state index < -0.39 is 10.0 Å². The number of piperazine rings is 1. The lowest BCUT2D eigenvalue weighted by Crippen LogP contribution is -2.52. The summed E-state index contributed by atoms with van der Waals surface area (Å²) in [6, 6.07) is 4.80. The van der Waals surface area contributed by atoms with Crippen molar-refractivity contribution < 1.29 is 13.2 Å². The van der Waals surface area contributed by atoms with E-state index in [1.807, 2.05) is 6.92 Å². The lowest BCUT2D eigenvalue weighted by Gasteiger charge is -2.32. The fourth-order valence-electron chi connectivity index (χ4n) is 2.87. The van der Waals surface area contributed by atoms with E-state index in [1.165, 1.54) is 4.31 Å². The molecule has 1 fully saturated rings. The van der Waals surface area contributed by atoms with Gasteiger partial charge >= 0.3 is 0 Å². The molecule has 2 unspecified atom stereocenters. The molecular weight excluding hydrogens is 290 g/mol. The van der Waals surface area contributed by atoms with E-state index in [9.17, 15) is 13.2 Å². The fraction of sp³-hybridized carbons (Fsp3) is 0.500. The molecule has 0 saturated carbocycles. The van der Waals surface area contributed by atoms with Crippen molar-refractivity contribution in [1.82, 2.24) is 9.62 Å². The first-order valence-corrected chi connectivity index (χ1v) is 8.52. The maximum atomic E-state index is 12.8. The number of nitrogens with one attached hydrogen (secondary N) is 2. The Balaban J connectivity index is 1.99. The van der Waals surface area contributed by atoms with E-state index in [2.05, 4.69) is 10.6 Å². The summed E-state index contributed by atoms with van der Waals surface area (Å²) >= 11 is 0. The van der Waals surface area contributed by atoms with Crippen LogP contribution in [0.15, 0.2) is 23.1 Å². The van der Waals surface area contributed by atoms with Crippen LogP contribution in [-0.4, -0.2) is 44.3 Å². The molecule has 1 aromatic rings. The summed E-state index contributed by atoms with van der Waals surface area (Å²) < 4.78 is 27.1. The minimum absolute atomic E-state index is 0.0748. The number of nitrogens with zero attached hydrogens (tertiary/aromatic N) is 1. The van der Waals surface area contributed by atoms with E-state index >= 15 is 0 Å². The monoisotopic (exact) mass is 309 g/mol. The lowest BCUT2D eigenvalue weighted by atomic mass is 10.0. The van der Waals surface area contributed by atoms with Gasteiger partial charge in [0.15, 0.2) is 0 Å². The van der Waals surface area contributed by atoms with Crippen LogP contribution >= 0.6 is 0 Å². The highest BCUT2D eigenvalue weighted by atomic mass is 32.2. The van der Waals surface area contributed by atoms with Crippen LogP contribution in [0.4, 0.5) is 5.69 Å². The zero-order valence-corrected chi connectivity index (χ0v) is 12.9. The molecule has 114 valence electrons. The summed E-state index contributed by atoms with van der Waals surface area (Å²) in [6.07, 6.45) is 0. The lowest BCUT2D eigenvalue weighted by molar-refractivity contribution is -0.116. The standard InChI is InChI=1S/C14H19N3O3S/c1-9-8-15-5-6-17(9)21(19,20)11-3-4-13-12(7-11)10(2)14(18)16-13/h3-4,7,9-10,15H,5-6,8H2,1-2H3,(H,16,18). The number of carbonyl (C=O) groups is 1. The first-order chi connectivity index (χ1) is 9.91. The number of sulfonamides is 1. The van der Waals surface area contributed by atoms with Gasteiger partial charge in [0.25, 0.3) is 0 Å². The molecule has 0 radical (unpaired) electrons. The fourth-order valence-corrected chi connectivity index (χ4v) is 4.54. The minimum atomic E-state index is -3.52. The molecular formula is C14H19N3O3S. The third kappa shape index (κ3) is 2.35. The summed E-state index contributed by atoms with van der Waals surface area (Å²) in [4.78, 5) is 11.9. The average molecular weight is 309 g/mol. The zero-order chi connectivity index (χ0) is 15.2. The Morgan fingerprint density at radius 2 is 2.05 bits per heavy atom. The van der Waals surface area contributed by atoms with Gasteiger partial charge in [0, 0.05) is 31.4 Å². The molecule has 1 aromatic carbocycles. The molecule has 2 atom stereocenters. The number of hydrogen-bond donors (Lipinski definition) is 2. The Labute approximate surface area is 124 Å². The highest BCUT2D eigenvalue weighted by Crippen LogP contribution is 2.34. The van der Waals surface area contributed by atoms with Crippen LogP contribution in [0.5, 0.6) is 0 Å². The van der Waals surface area contributed by atoms with Crippen molar-refractivity contribution >= 4 is 21.6 Å². The highest BCUT2D eigenvalue weighted by molar-refractivity contribution is 7.89. The van der Waals surface area contributed by atoms with Crippen molar-refractivity contribution in [2.24, 2.45) is 0 Å². The average Bonchev–Trinajstić information content (AvgIpc) is 2.74. The Bertz CT molecular complexity index is 687. The van der Waals surface area contributed by atoms with Gasteiger partial charge in [-0.25, -0.2) is 8.42 Å². The summed E-state index contributed by atoms with van der Waals surface area (Å²) in [7, 11) is -3.52. The van der Waals surface area contributed by atoms with Gasteiger partial charge in [-0.1, -0.05) is 0 Å². The van der Waals surface area contributed by atoms with Gasteiger partial charge in [0.1, 0.15) is 0 Å². The second kappa shape index (κ2) is 5.08. The number of hydrogen-bond acceptors (Lipinski definition) is 4. The van der Waals surface area contributed by atoms with Crippen LogP contribution in [-0.2, 0) is 14.8 Å². The normalized spacial score (nSPS) is 26.5. The maximum Gasteiger partial charge on any atom is 0.243 e. The molecule has 1 amide bonds. The van der Waals surface area contributed by atoms with Gasteiger partial charge in [-0.05, 0) is 37.6 Å². The van der Waals surface area contributed by atoms with Gasteiger partial charge in [0.05, 0.1) is 10.8 Å². The molecule has 3 rings (SSSR count). The van der Waals surface area contributed by atoms with Crippen molar-refractivity contribution in [2.45, 2.75) is 30.7 Å². The molecule has 2 N–H and O–H groups in total. The number of benzene rings is 1. The van der Waals surface area contributed by atoms with Gasteiger partial charge in [-0.3, -0.25) is 4.79 Å². The van der Waals surface area contributed by atoms with Crippen LogP contribution in [0.3, 0.4) is 0 Å². The Hall–Kier alpha value is -1.44. The quantitative estimate of drug-likeness (QED) is 0.844. The SMILES string of the molecule is CC1C(=O)Nc2ccc(S(=O)(=O)N3CCNCC3C)cc21. The van der Waals surface area contributed by atoms with Crippen LogP contribution in [0, 0.1) is 0 Å². The molecule has 0 aliphatic carbocycles. The predicted molar refractivity (Wildman–Crippen MR) is 79.7 cm³/mol. The second-order valence-electron chi connectivity index (χ2n) is 5.63. The Morgan fingerprint density at radius 1 is 1.29 bits per heavy atom. The van der Waals surface area contributed by atoms with Crippen LogP contribution < -0.4 is 10.6 Å². The van der Waals surface area contributed by atoms with E-state index in [1.54, 1.807) is 25.1 Å². The first-order valence-electron chi connectivity index (χ1n) is 7.08. The molecule has 0 aromatic heterocycles. The summed E-state index contributed by atoms with van der Waals surface area (Å²) in [5, 5.41) is 5.94. The summed E-state index contributed by atoms with van der Waals surface area (Å²) in [5.41, 5.74) is 1.46. The minimum Gasteiger partial charge on any atom is -0.325 e. The van der Waals surface area contributed by atoms with Gasteiger partial charge in [-0.15, -0.1) is 0 Å². The van der Waals surface area contributed by atoms with Crippen LogP contribution in [0.25, 0.3) is 0 Å². The molecule has 0 spiro atoms. The predicted octanol–water partition coefficient (Wildman–Crippen LogP) is 0.725. The maximum absolute atomic E-state index is 12.8. The summed E-state index contributed by atoms with van der Waals surface area (Å²) in [6.45, 7) is 5.45. The van der Waals surface area contributed by atoms with Crippen molar-refractivity contribution in [3.8, 4) is 0 Å². The third-order valence-corrected chi connectivity index (χ3v) is 6.20. The van der Waals surface area contributed by atoms with Crippen molar-refractivity contribution in [3.05, 3.63) is 23.8 Å². The Kier molecular flexibility index (Phi) is 3.51. The number of anilines is 1. The molecule has 2 aliphatic heterocycles. The van der Waals surface area contributed by atoms with Crippen molar-refractivity contribution in [1.29, 1.82) is 0 Å². The highest BCUT2D eigenvalue weighted by Gasteiger charge is 2.33. The topological polar surface area (TPSA) is 78.5 Å². The van der Waals surface area contributed by atoms with Crippen LogP contribution in [0.1, 0.15) is 25.3 Å². The van der Waals surface area contributed by atoms with Crippen molar-refractivity contribution in [2.75, 3.05) is 25.0 Å². The van der Waals surface area contributed by atoms with E-state index in [0.717, 1.165) is 5.56 Å². The van der Waals surface area contributed by atoms with Gasteiger partial charge < -0.3 is 10.6 Å². The molecule has 2 aliphatic rings. The molecule has 21 heavy (non-hydrogen) atoms. The summed E-state index contributed by atoms with van der Waals surface area (Å²) in [5.74, 6) is -0.398. The largest absolute Gasteiger partial charge is 0.325 e. The zero-order valence-electron chi connectivity index (χ0n) is 12.1. The molecule has 0 bridgehead atoms. The van der Waals surface area contributed by atoms with E-state index in [0.29, 0.717) is 25.3 Å². The third-order valence-electron chi connectivity index (χ3n) is 4.19. The van der Waals surface area contributed by atoms with E-state index in [-0.39, 0.29) is 22.8 Å². The number of fused-ring (bicyclic) bond motifs is 1. The molecule has 6 nitrogen and oxygen atoms in total. The molecule has 2 heterocycles. The smallest absolute Gasteiger partial charge is 0.243 e. The van der Waals surface area contributed by atoms with E-state index in [4.69, 9.17) is 0 Å². The number of rotatable bonds is 2. The van der Waals surface area contributed by atoms with Crippen molar-refractivity contribution in [3.63, 3.8) is 0 Å². The van der Waals surface area contributed by atoms with Crippen LogP contribution in [0.2, 0.25) is 0 Å². The molecule has 1 saturated heterocycles. The number of carbonyl (C=O) groups excluding carboxylic acids is 1. The number of amides is 1.